The van der Waals surface area contributed by atoms with Crippen LogP contribution in [-0.2, 0) is 18.0 Å². The van der Waals surface area contributed by atoms with E-state index in [1.165, 1.54) is 6.07 Å². The van der Waals surface area contributed by atoms with Gasteiger partial charge in [0.05, 0.1) is 6.61 Å². The SMILES string of the molecule is Cc1cc(N)nc(COCc2ccccc2F)n1. The monoisotopic (exact) mass is 247 g/mol. The first-order valence-electron chi connectivity index (χ1n) is 5.56. The fourth-order valence-corrected chi connectivity index (χ4v) is 1.59. The lowest BCUT2D eigenvalue weighted by Gasteiger charge is -2.05. The van der Waals surface area contributed by atoms with Gasteiger partial charge in [0.1, 0.15) is 18.2 Å². The van der Waals surface area contributed by atoms with Crippen molar-refractivity contribution >= 4 is 5.82 Å². The quantitative estimate of drug-likeness (QED) is 0.899. The van der Waals surface area contributed by atoms with Crippen LogP contribution in [0.25, 0.3) is 0 Å². The fourth-order valence-electron chi connectivity index (χ4n) is 1.59. The van der Waals surface area contributed by atoms with Gasteiger partial charge in [-0.2, -0.15) is 0 Å². The Morgan fingerprint density at radius 3 is 2.72 bits per heavy atom. The Hall–Kier alpha value is -2.01. The van der Waals surface area contributed by atoms with Crippen LogP contribution in [-0.4, -0.2) is 9.97 Å². The largest absolute Gasteiger partial charge is 0.384 e. The van der Waals surface area contributed by atoms with Gasteiger partial charge in [-0.05, 0) is 13.0 Å². The van der Waals surface area contributed by atoms with Gasteiger partial charge < -0.3 is 10.5 Å². The van der Waals surface area contributed by atoms with Crippen LogP contribution in [0.2, 0.25) is 0 Å². The molecule has 0 aliphatic carbocycles. The molecular formula is C13H14FN3O. The molecule has 94 valence electrons. The van der Waals surface area contributed by atoms with Gasteiger partial charge in [0.25, 0.3) is 0 Å². The zero-order chi connectivity index (χ0) is 13.0. The predicted molar refractivity (Wildman–Crippen MR) is 66.1 cm³/mol. The third-order valence-electron chi connectivity index (χ3n) is 2.37. The highest BCUT2D eigenvalue weighted by molar-refractivity contribution is 5.29. The van der Waals surface area contributed by atoms with E-state index in [2.05, 4.69) is 9.97 Å². The maximum absolute atomic E-state index is 13.3. The first-order valence-corrected chi connectivity index (χ1v) is 5.56. The summed E-state index contributed by atoms with van der Waals surface area (Å²) in [7, 11) is 0. The van der Waals surface area contributed by atoms with E-state index < -0.39 is 0 Å². The lowest BCUT2D eigenvalue weighted by Crippen LogP contribution is -2.04. The molecule has 0 atom stereocenters. The second-order valence-corrected chi connectivity index (χ2v) is 3.93. The lowest BCUT2D eigenvalue weighted by atomic mass is 10.2. The van der Waals surface area contributed by atoms with Crippen molar-refractivity contribution in [3.05, 3.63) is 53.2 Å². The van der Waals surface area contributed by atoms with Gasteiger partial charge in [0.2, 0.25) is 0 Å². The van der Waals surface area contributed by atoms with Crippen LogP contribution in [0.1, 0.15) is 17.1 Å². The summed E-state index contributed by atoms with van der Waals surface area (Å²) in [5, 5.41) is 0. The highest BCUT2D eigenvalue weighted by Crippen LogP contribution is 2.09. The normalized spacial score (nSPS) is 10.6. The van der Waals surface area contributed by atoms with Crippen LogP contribution in [0.3, 0.4) is 0 Å². The molecule has 4 nitrogen and oxygen atoms in total. The summed E-state index contributed by atoms with van der Waals surface area (Å²) in [6, 6.07) is 8.17. The van der Waals surface area contributed by atoms with Crippen molar-refractivity contribution in [3.8, 4) is 0 Å². The first-order chi connectivity index (χ1) is 8.65. The van der Waals surface area contributed by atoms with Gasteiger partial charge in [-0.15, -0.1) is 0 Å². The minimum Gasteiger partial charge on any atom is -0.384 e. The van der Waals surface area contributed by atoms with Crippen LogP contribution in [0.4, 0.5) is 10.2 Å². The minimum atomic E-state index is -0.276. The molecule has 1 aromatic heterocycles. The Kier molecular flexibility index (Phi) is 3.84. The topological polar surface area (TPSA) is 61.0 Å². The molecule has 2 aromatic rings. The molecule has 0 aliphatic rings. The van der Waals surface area contributed by atoms with Crippen molar-refractivity contribution in [2.45, 2.75) is 20.1 Å². The summed E-state index contributed by atoms with van der Waals surface area (Å²) in [6.07, 6.45) is 0. The lowest BCUT2D eigenvalue weighted by molar-refractivity contribution is 0.0994. The van der Waals surface area contributed by atoms with E-state index in [-0.39, 0.29) is 19.0 Å². The van der Waals surface area contributed by atoms with Crippen molar-refractivity contribution < 1.29 is 9.13 Å². The van der Waals surface area contributed by atoms with E-state index in [1.54, 1.807) is 24.3 Å². The summed E-state index contributed by atoms with van der Waals surface area (Å²) in [5.74, 6) is 0.637. The van der Waals surface area contributed by atoms with Crippen molar-refractivity contribution in [2.75, 3.05) is 5.73 Å². The average Bonchev–Trinajstić information content (AvgIpc) is 2.30. The standard InChI is InChI=1S/C13H14FN3O/c1-9-6-12(15)17-13(16-9)8-18-7-10-4-2-3-5-11(10)14/h2-6H,7-8H2,1H3,(H2,15,16,17). The molecule has 18 heavy (non-hydrogen) atoms. The maximum atomic E-state index is 13.3. The van der Waals surface area contributed by atoms with E-state index in [9.17, 15) is 4.39 Å². The predicted octanol–water partition coefficient (Wildman–Crippen LogP) is 2.22. The number of nitrogens with two attached hydrogens (primary N) is 1. The van der Waals surface area contributed by atoms with E-state index in [1.807, 2.05) is 6.92 Å². The Labute approximate surface area is 105 Å². The molecule has 0 bridgehead atoms. The smallest absolute Gasteiger partial charge is 0.156 e. The first kappa shape index (κ1) is 12.4. The second kappa shape index (κ2) is 5.55. The van der Waals surface area contributed by atoms with Gasteiger partial charge in [-0.3, -0.25) is 0 Å². The van der Waals surface area contributed by atoms with Crippen molar-refractivity contribution in [1.82, 2.24) is 9.97 Å². The van der Waals surface area contributed by atoms with Gasteiger partial charge in [-0.25, -0.2) is 14.4 Å². The molecule has 2 N–H and O–H groups in total. The molecule has 0 amide bonds. The Balaban J connectivity index is 1.94. The number of rotatable bonds is 4. The Bertz CT molecular complexity index is 525. The number of nitrogen functional groups attached to an aromatic ring is 1. The number of nitrogens with zero attached hydrogens (tertiary/aromatic N) is 2. The third kappa shape index (κ3) is 3.24. The zero-order valence-corrected chi connectivity index (χ0v) is 10.1. The summed E-state index contributed by atoms with van der Waals surface area (Å²) in [4.78, 5) is 8.21. The molecule has 2 rings (SSSR count). The highest BCUT2D eigenvalue weighted by Gasteiger charge is 2.03. The van der Waals surface area contributed by atoms with Crippen LogP contribution in [0, 0.1) is 12.7 Å². The molecule has 1 heterocycles. The molecule has 0 fully saturated rings. The molecular weight excluding hydrogens is 233 g/mol. The van der Waals surface area contributed by atoms with Gasteiger partial charge in [0.15, 0.2) is 5.82 Å². The number of aromatic nitrogens is 2. The van der Waals surface area contributed by atoms with Crippen LogP contribution in [0.5, 0.6) is 0 Å². The van der Waals surface area contributed by atoms with E-state index in [4.69, 9.17) is 10.5 Å². The Morgan fingerprint density at radius 1 is 1.22 bits per heavy atom. The van der Waals surface area contributed by atoms with E-state index in [0.717, 1.165) is 5.69 Å². The summed E-state index contributed by atoms with van der Waals surface area (Å²) in [5.41, 5.74) is 6.90. The number of halogens is 1. The number of hydrogen-bond acceptors (Lipinski definition) is 4. The number of benzene rings is 1. The average molecular weight is 247 g/mol. The molecule has 0 saturated heterocycles. The van der Waals surface area contributed by atoms with Crippen LogP contribution >= 0.6 is 0 Å². The third-order valence-corrected chi connectivity index (χ3v) is 2.37. The van der Waals surface area contributed by atoms with Crippen LogP contribution in [0.15, 0.2) is 30.3 Å². The fraction of sp³-hybridized carbons (Fsp3) is 0.231. The molecule has 0 radical (unpaired) electrons. The molecule has 1 aromatic carbocycles. The highest BCUT2D eigenvalue weighted by atomic mass is 19.1. The minimum absolute atomic E-state index is 0.184. The number of aryl methyl sites for hydroxylation is 1. The number of ether oxygens (including phenoxy) is 1. The van der Waals surface area contributed by atoms with Crippen molar-refractivity contribution in [1.29, 1.82) is 0 Å². The molecule has 0 aliphatic heterocycles. The zero-order valence-electron chi connectivity index (χ0n) is 10.1. The number of hydrogen-bond donors (Lipinski definition) is 1. The number of anilines is 1. The molecule has 5 heteroatoms. The van der Waals surface area contributed by atoms with Gasteiger partial charge in [-0.1, -0.05) is 18.2 Å². The van der Waals surface area contributed by atoms with Crippen molar-refractivity contribution in [2.24, 2.45) is 0 Å². The molecule has 0 spiro atoms. The van der Waals surface area contributed by atoms with E-state index >= 15 is 0 Å². The summed E-state index contributed by atoms with van der Waals surface area (Å²) >= 11 is 0. The van der Waals surface area contributed by atoms with E-state index in [0.29, 0.717) is 17.2 Å². The molecule has 0 saturated carbocycles. The van der Waals surface area contributed by atoms with Crippen LogP contribution < -0.4 is 5.73 Å². The molecule has 0 unspecified atom stereocenters. The second-order valence-electron chi connectivity index (χ2n) is 3.93. The Morgan fingerprint density at radius 2 is 2.00 bits per heavy atom. The van der Waals surface area contributed by atoms with Crippen molar-refractivity contribution in [3.63, 3.8) is 0 Å². The summed E-state index contributed by atoms with van der Waals surface area (Å²) < 4.78 is 18.7. The maximum Gasteiger partial charge on any atom is 0.156 e. The van der Waals surface area contributed by atoms with Gasteiger partial charge in [0, 0.05) is 17.3 Å². The van der Waals surface area contributed by atoms with Gasteiger partial charge >= 0.3 is 0 Å². The summed E-state index contributed by atoms with van der Waals surface area (Å²) in [6.45, 7) is 2.22.